The molecule has 0 saturated carbocycles. The molecule has 1 aromatic heterocycles. The van der Waals surface area contributed by atoms with Crippen molar-refractivity contribution >= 4 is 40.1 Å². The second kappa shape index (κ2) is 9.82. The molecule has 0 radical (unpaired) electrons. The van der Waals surface area contributed by atoms with E-state index >= 15 is 0 Å². The average molecular weight is 441 g/mol. The molecule has 0 fully saturated rings. The van der Waals surface area contributed by atoms with E-state index < -0.39 is 0 Å². The predicted molar refractivity (Wildman–Crippen MR) is 131 cm³/mol. The Hall–Kier alpha value is -4.39. The van der Waals surface area contributed by atoms with E-state index in [9.17, 15) is 4.79 Å². The van der Waals surface area contributed by atoms with Crippen molar-refractivity contribution < 1.29 is 14.3 Å². The zero-order valence-electron chi connectivity index (χ0n) is 18.6. The minimum Gasteiger partial charge on any atom is -0.493 e. The van der Waals surface area contributed by atoms with Gasteiger partial charge in [-0.15, -0.1) is 0 Å². The van der Waals surface area contributed by atoms with Gasteiger partial charge in [-0.1, -0.05) is 30.3 Å². The number of nitrogens with one attached hydrogen (secondary N) is 2. The van der Waals surface area contributed by atoms with Crippen LogP contribution in [-0.4, -0.2) is 30.1 Å². The number of amides is 1. The second-order valence-electron chi connectivity index (χ2n) is 7.34. The fourth-order valence-corrected chi connectivity index (χ4v) is 3.35. The molecule has 0 saturated heterocycles. The van der Waals surface area contributed by atoms with Crippen molar-refractivity contribution in [3.63, 3.8) is 0 Å². The number of hydrogen-bond donors (Lipinski definition) is 2. The van der Waals surface area contributed by atoms with Crippen LogP contribution in [0.4, 0.5) is 17.2 Å². The van der Waals surface area contributed by atoms with Crippen LogP contribution in [0.3, 0.4) is 0 Å². The number of benzene rings is 3. The topological polar surface area (TPSA) is 85.4 Å². The summed E-state index contributed by atoms with van der Waals surface area (Å²) in [4.78, 5) is 21.2. The molecule has 1 amide bonds. The Labute approximate surface area is 192 Å². The van der Waals surface area contributed by atoms with Crippen LogP contribution < -0.4 is 20.1 Å². The average Bonchev–Trinajstić information content (AvgIpc) is 2.85. The zero-order valence-corrected chi connectivity index (χ0v) is 18.6. The lowest BCUT2D eigenvalue weighted by molar-refractivity contribution is -0.112. The molecule has 4 rings (SSSR count). The second-order valence-corrected chi connectivity index (χ2v) is 7.34. The molecule has 3 aromatic carbocycles. The maximum absolute atomic E-state index is 12.5. The van der Waals surface area contributed by atoms with E-state index in [1.807, 2.05) is 72.8 Å². The highest BCUT2D eigenvalue weighted by Gasteiger charge is 2.11. The number of ether oxygens (including phenoxy) is 2. The van der Waals surface area contributed by atoms with E-state index in [0.29, 0.717) is 28.6 Å². The molecule has 1 heterocycles. The van der Waals surface area contributed by atoms with E-state index in [1.54, 1.807) is 21.1 Å². The Bertz CT molecular complexity index is 1300. The predicted octanol–water partition coefficient (Wildman–Crippen LogP) is 5.43. The lowest BCUT2D eigenvalue weighted by Crippen LogP contribution is -2.12. The monoisotopic (exact) mass is 440 g/mol. The Morgan fingerprint density at radius 3 is 2.24 bits per heavy atom. The molecule has 2 N–H and O–H groups in total. The van der Waals surface area contributed by atoms with Gasteiger partial charge in [0.1, 0.15) is 12.1 Å². The number of aromatic nitrogens is 2. The van der Waals surface area contributed by atoms with Crippen LogP contribution in [0.5, 0.6) is 11.5 Å². The Morgan fingerprint density at radius 1 is 0.879 bits per heavy atom. The van der Waals surface area contributed by atoms with Gasteiger partial charge in [-0.2, -0.15) is 0 Å². The number of hydrogen-bond acceptors (Lipinski definition) is 6. The smallest absolute Gasteiger partial charge is 0.251 e. The first-order valence-corrected chi connectivity index (χ1v) is 10.4. The van der Waals surface area contributed by atoms with Gasteiger partial charge in [-0.05, 0) is 48.9 Å². The minimum atomic E-state index is -0.151. The molecule has 166 valence electrons. The molecule has 33 heavy (non-hydrogen) atoms. The highest BCUT2D eigenvalue weighted by molar-refractivity contribution is 6.06. The van der Waals surface area contributed by atoms with Gasteiger partial charge in [0.15, 0.2) is 11.5 Å². The van der Waals surface area contributed by atoms with Crippen LogP contribution in [0, 0.1) is 0 Å². The van der Waals surface area contributed by atoms with Crippen LogP contribution in [-0.2, 0) is 4.79 Å². The SMILES string of the molecule is COc1cc2ncnc(Nc3ccc(NC(=O)/C(C)=C/c4ccccc4)cc3)c2cc1OC. The number of rotatable bonds is 7. The molecule has 0 aliphatic heterocycles. The molecule has 0 aliphatic carbocycles. The Balaban J connectivity index is 1.49. The summed E-state index contributed by atoms with van der Waals surface area (Å²) in [6.07, 6.45) is 3.35. The normalized spacial score (nSPS) is 11.2. The van der Waals surface area contributed by atoms with Crippen molar-refractivity contribution in [2.24, 2.45) is 0 Å². The van der Waals surface area contributed by atoms with E-state index in [2.05, 4.69) is 20.6 Å². The summed E-state index contributed by atoms with van der Waals surface area (Å²) in [6.45, 7) is 1.79. The molecule has 0 atom stereocenters. The van der Waals surface area contributed by atoms with Crippen molar-refractivity contribution in [3.8, 4) is 11.5 Å². The summed E-state index contributed by atoms with van der Waals surface area (Å²) in [7, 11) is 3.17. The maximum atomic E-state index is 12.5. The van der Waals surface area contributed by atoms with Gasteiger partial charge in [0.05, 0.1) is 19.7 Å². The Morgan fingerprint density at radius 2 is 1.55 bits per heavy atom. The third kappa shape index (κ3) is 5.10. The van der Waals surface area contributed by atoms with Gasteiger partial charge < -0.3 is 20.1 Å². The third-order valence-electron chi connectivity index (χ3n) is 5.09. The quantitative estimate of drug-likeness (QED) is 0.373. The fraction of sp³-hybridized carbons (Fsp3) is 0.115. The molecule has 0 unspecified atom stereocenters. The number of carbonyl (C=O) groups is 1. The first kappa shape index (κ1) is 21.8. The molecular formula is C26H24N4O3. The summed E-state index contributed by atoms with van der Waals surface area (Å²) in [5.41, 5.74) is 3.86. The summed E-state index contributed by atoms with van der Waals surface area (Å²) in [6, 6.07) is 20.8. The highest BCUT2D eigenvalue weighted by atomic mass is 16.5. The standard InChI is InChI=1S/C26H24N4O3/c1-17(13-18-7-5-4-6-8-18)26(31)30-20-11-9-19(10-12-20)29-25-21-14-23(32-2)24(33-3)15-22(21)27-16-28-25/h4-16H,1-3H3,(H,30,31)(H,27,28,29)/b17-13+. The third-order valence-corrected chi connectivity index (χ3v) is 5.09. The first-order chi connectivity index (χ1) is 16.1. The van der Waals surface area contributed by atoms with Crippen molar-refractivity contribution in [1.82, 2.24) is 9.97 Å². The van der Waals surface area contributed by atoms with Crippen molar-refractivity contribution in [3.05, 3.63) is 84.2 Å². The summed E-state index contributed by atoms with van der Waals surface area (Å²) in [5, 5.41) is 7.02. The molecule has 0 bridgehead atoms. The summed E-state index contributed by atoms with van der Waals surface area (Å²) >= 11 is 0. The lowest BCUT2D eigenvalue weighted by atomic mass is 10.1. The molecule has 7 nitrogen and oxygen atoms in total. The summed E-state index contributed by atoms with van der Waals surface area (Å²) < 4.78 is 10.8. The van der Waals surface area contributed by atoms with Crippen LogP contribution >= 0.6 is 0 Å². The van der Waals surface area contributed by atoms with Crippen LogP contribution in [0.15, 0.2) is 78.6 Å². The lowest BCUT2D eigenvalue weighted by Gasteiger charge is -2.12. The molecular weight excluding hydrogens is 416 g/mol. The van der Waals surface area contributed by atoms with E-state index in [-0.39, 0.29) is 5.91 Å². The Kier molecular flexibility index (Phi) is 6.50. The zero-order chi connectivity index (χ0) is 23.2. The van der Waals surface area contributed by atoms with Crippen molar-refractivity contribution in [2.75, 3.05) is 24.9 Å². The summed E-state index contributed by atoms with van der Waals surface area (Å²) in [5.74, 6) is 1.69. The fourth-order valence-electron chi connectivity index (χ4n) is 3.35. The molecule has 0 aliphatic rings. The van der Waals surface area contributed by atoms with Gasteiger partial charge in [0, 0.05) is 28.4 Å². The maximum Gasteiger partial charge on any atom is 0.251 e. The van der Waals surface area contributed by atoms with Crippen molar-refractivity contribution in [2.45, 2.75) is 6.92 Å². The largest absolute Gasteiger partial charge is 0.493 e. The number of fused-ring (bicyclic) bond motifs is 1. The highest BCUT2D eigenvalue weighted by Crippen LogP contribution is 2.34. The van der Waals surface area contributed by atoms with Crippen LogP contribution in [0.25, 0.3) is 17.0 Å². The molecule has 0 spiro atoms. The van der Waals surface area contributed by atoms with Gasteiger partial charge in [-0.3, -0.25) is 4.79 Å². The van der Waals surface area contributed by atoms with Crippen molar-refractivity contribution in [1.29, 1.82) is 0 Å². The minimum absolute atomic E-state index is 0.151. The first-order valence-electron chi connectivity index (χ1n) is 10.4. The number of anilines is 3. The van der Waals surface area contributed by atoms with E-state index in [0.717, 1.165) is 22.2 Å². The van der Waals surface area contributed by atoms with E-state index in [1.165, 1.54) is 6.33 Å². The van der Waals surface area contributed by atoms with Gasteiger partial charge in [0.2, 0.25) is 0 Å². The number of carbonyl (C=O) groups excluding carboxylic acids is 1. The number of methoxy groups -OCH3 is 2. The van der Waals surface area contributed by atoms with Crippen LogP contribution in [0.1, 0.15) is 12.5 Å². The molecule has 7 heteroatoms. The molecule has 4 aromatic rings. The van der Waals surface area contributed by atoms with Gasteiger partial charge in [-0.25, -0.2) is 9.97 Å². The van der Waals surface area contributed by atoms with Gasteiger partial charge in [0.25, 0.3) is 5.91 Å². The number of nitrogens with zero attached hydrogens (tertiary/aromatic N) is 2. The van der Waals surface area contributed by atoms with Gasteiger partial charge >= 0.3 is 0 Å². The van der Waals surface area contributed by atoms with Crippen LogP contribution in [0.2, 0.25) is 0 Å². The van der Waals surface area contributed by atoms with E-state index in [4.69, 9.17) is 9.47 Å².